The van der Waals surface area contributed by atoms with E-state index in [1.54, 1.807) is 12.1 Å². The fraction of sp³-hybridized carbons (Fsp3) is 0.235. The standard InChI is InChI=1S/C17H16ClN3O2S/c1-10-8-14(11(2)21(10)3)15(22)9-24-17-20-19-16(23-17)12-4-6-13(18)7-5-12/h4-8H,9H2,1-3H3. The van der Waals surface area contributed by atoms with Gasteiger partial charge in [0.05, 0.1) is 5.75 Å². The molecule has 0 unspecified atom stereocenters. The number of nitrogens with zero attached hydrogens (tertiary/aromatic N) is 3. The smallest absolute Gasteiger partial charge is 0.277 e. The van der Waals surface area contributed by atoms with Gasteiger partial charge < -0.3 is 8.98 Å². The number of rotatable bonds is 5. The van der Waals surface area contributed by atoms with E-state index in [0.717, 1.165) is 22.5 Å². The van der Waals surface area contributed by atoms with Gasteiger partial charge in [0.2, 0.25) is 5.89 Å². The number of thioether (sulfide) groups is 1. The summed E-state index contributed by atoms with van der Waals surface area (Å²) in [6.07, 6.45) is 0. The molecule has 0 N–H and O–H groups in total. The number of aryl methyl sites for hydroxylation is 1. The summed E-state index contributed by atoms with van der Waals surface area (Å²) in [4.78, 5) is 12.4. The monoisotopic (exact) mass is 361 g/mol. The summed E-state index contributed by atoms with van der Waals surface area (Å²) in [6.45, 7) is 3.92. The topological polar surface area (TPSA) is 60.9 Å². The molecule has 0 aliphatic carbocycles. The zero-order valence-corrected chi connectivity index (χ0v) is 15.1. The van der Waals surface area contributed by atoms with Crippen molar-refractivity contribution >= 4 is 29.1 Å². The second kappa shape index (κ2) is 6.83. The van der Waals surface area contributed by atoms with Crippen molar-refractivity contribution in [2.45, 2.75) is 19.1 Å². The van der Waals surface area contributed by atoms with Crippen molar-refractivity contribution in [3.8, 4) is 11.5 Å². The van der Waals surface area contributed by atoms with Crippen LogP contribution in [0.1, 0.15) is 21.7 Å². The highest BCUT2D eigenvalue weighted by molar-refractivity contribution is 7.99. The van der Waals surface area contributed by atoms with Crippen molar-refractivity contribution < 1.29 is 9.21 Å². The second-order valence-electron chi connectivity index (χ2n) is 5.44. The summed E-state index contributed by atoms with van der Waals surface area (Å²) in [5.74, 6) is 0.716. The highest BCUT2D eigenvalue weighted by atomic mass is 35.5. The zero-order valence-electron chi connectivity index (χ0n) is 13.5. The number of carbonyl (C=O) groups is 1. The van der Waals surface area contributed by atoms with E-state index in [4.69, 9.17) is 16.0 Å². The molecular weight excluding hydrogens is 346 g/mol. The van der Waals surface area contributed by atoms with Gasteiger partial charge >= 0.3 is 0 Å². The molecule has 0 fully saturated rings. The van der Waals surface area contributed by atoms with Crippen LogP contribution in [0.4, 0.5) is 0 Å². The highest BCUT2D eigenvalue weighted by Crippen LogP contribution is 2.25. The highest BCUT2D eigenvalue weighted by Gasteiger charge is 2.16. The second-order valence-corrected chi connectivity index (χ2v) is 6.80. The van der Waals surface area contributed by atoms with Gasteiger partial charge in [-0.15, -0.1) is 10.2 Å². The Morgan fingerprint density at radius 1 is 1.25 bits per heavy atom. The Kier molecular flexibility index (Phi) is 4.78. The Balaban J connectivity index is 1.68. The van der Waals surface area contributed by atoms with Gasteiger partial charge in [0, 0.05) is 34.6 Å². The summed E-state index contributed by atoms with van der Waals surface area (Å²) < 4.78 is 7.60. The first-order valence-corrected chi connectivity index (χ1v) is 8.70. The van der Waals surface area contributed by atoms with Gasteiger partial charge in [-0.2, -0.15) is 0 Å². The van der Waals surface area contributed by atoms with Crippen LogP contribution in [0.25, 0.3) is 11.5 Å². The first kappa shape index (κ1) is 16.8. The predicted molar refractivity (Wildman–Crippen MR) is 94.7 cm³/mol. The molecule has 0 atom stereocenters. The molecule has 1 aromatic carbocycles. The average Bonchev–Trinajstić information content (AvgIpc) is 3.14. The minimum absolute atomic E-state index is 0.0486. The lowest BCUT2D eigenvalue weighted by Gasteiger charge is -2.01. The molecule has 0 radical (unpaired) electrons. The van der Waals surface area contributed by atoms with E-state index in [2.05, 4.69) is 10.2 Å². The van der Waals surface area contributed by atoms with E-state index in [9.17, 15) is 4.79 Å². The minimum Gasteiger partial charge on any atom is -0.411 e. The van der Waals surface area contributed by atoms with Gasteiger partial charge in [-0.25, -0.2) is 0 Å². The van der Waals surface area contributed by atoms with Crippen LogP contribution in [-0.2, 0) is 7.05 Å². The Bertz CT molecular complexity index is 884. The maximum absolute atomic E-state index is 12.4. The normalized spacial score (nSPS) is 11.0. The van der Waals surface area contributed by atoms with Crippen molar-refractivity contribution in [3.63, 3.8) is 0 Å². The third kappa shape index (κ3) is 3.39. The molecule has 5 nitrogen and oxygen atoms in total. The molecule has 0 spiro atoms. The first-order chi connectivity index (χ1) is 11.5. The first-order valence-electron chi connectivity index (χ1n) is 7.34. The summed E-state index contributed by atoms with van der Waals surface area (Å²) in [7, 11) is 1.95. The summed E-state index contributed by atoms with van der Waals surface area (Å²) in [5, 5.41) is 9.01. The van der Waals surface area contributed by atoms with Crippen molar-refractivity contribution in [3.05, 3.63) is 52.3 Å². The van der Waals surface area contributed by atoms with E-state index in [1.165, 1.54) is 11.8 Å². The quantitative estimate of drug-likeness (QED) is 0.500. The maximum atomic E-state index is 12.4. The van der Waals surface area contributed by atoms with E-state index in [0.29, 0.717) is 16.1 Å². The van der Waals surface area contributed by atoms with Gasteiger partial charge in [-0.3, -0.25) is 4.79 Å². The molecule has 24 heavy (non-hydrogen) atoms. The third-order valence-corrected chi connectivity index (χ3v) is 4.97. The minimum atomic E-state index is 0.0486. The summed E-state index contributed by atoms with van der Waals surface area (Å²) in [5.41, 5.74) is 3.55. The molecule has 7 heteroatoms. The SMILES string of the molecule is Cc1cc(C(=O)CSc2nnc(-c3ccc(Cl)cc3)o2)c(C)n1C. The van der Waals surface area contributed by atoms with E-state index < -0.39 is 0 Å². The molecule has 0 bridgehead atoms. The lowest BCUT2D eigenvalue weighted by atomic mass is 10.2. The number of hydrogen-bond donors (Lipinski definition) is 0. The molecule has 2 heterocycles. The molecule has 3 aromatic rings. The summed E-state index contributed by atoms with van der Waals surface area (Å²) in [6, 6.07) is 9.05. The molecular formula is C17H16ClN3O2S. The predicted octanol–water partition coefficient (Wildman–Crippen LogP) is 4.32. The number of halogens is 1. The molecule has 2 aromatic heterocycles. The van der Waals surface area contributed by atoms with Crippen molar-refractivity contribution in [1.29, 1.82) is 0 Å². The van der Waals surface area contributed by atoms with Crippen LogP contribution in [0.15, 0.2) is 40.0 Å². The molecule has 0 saturated heterocycles. The van der Waals surface area contributed by atoms with E-state index >= 15 is 0 Å². The van der Waals surface area contributed by atoms with Crippen molar-refractivity contribution in [1.82, 2.24) is 14.8 Å². The van der Waals surface area contributed by atoms with Crippen molar-refractivity contribution in [2.75, 3.05) is 5.75 Å². The van der Waals surface area contributed by atoms with Crippen LogP contribution in [0.2, 0.25) is 5.02 Å². The van der Waals surface area contributed by atoms with Crippen LogP contribution in [0, 0.1) is 13.8 Å². The maximum Gasteiger partial charge on any atom is 0.277 e. The Hall–Kier alpha value is -2.05. The number of Topliss-reactive ketones (excluding diaryl/α,β-unsaturated/α-hetero) is 1. The third-order valence-electron chi connectivity index (χ3n) is 3.90. The molecule has 0 amide bonds. The number of hydrogen-bond acceptors (Lipinski definition) is 5. The number of carbonyl (C=O) groups excluding carboxylic acids is 1. The molecule has 0 saturated carbocycles. The fourth-order valence-electron chi connectivity index (χ4n) is 2.32. The largest absolute Gasteiger partial charge is 0.411 e. The van der Waals surface area contributed by atoms with Crippen LogP contribution in [0.5, 0.6) is 0 Å². The molecule has 0 aliphatic rings. The van der Waals surface area contributed by atoms with Crippen LogP contribution in [-0.4, -0.2) is 26.3 Å². The van der Waals surface area contributed by atoms with Gasteiger partial charge in [0.1, 0.15) is 0 Å². The Labute approximate surface area is 149 Å². The van der Waals surface area contributed by atoms with Crippen LogP contribution < -0.4 is 0 Å². The number of benzene rings is 1. The van der Waals surface area contributed by atoms with Gasteiger partial charge in [-0.05, 0) is 44.2 Å². The summed E-state index contributed by atoms with van der Waals surface area (Å²) >= 11 is 7.10. The van der Waals surface area contributed by atoms with E-state index in [1.807, 2.05) is 43.7 Å². The molecule has 124 valence electrons. The molecule has 0 aliphatic heterocycles. The van der Waals surface area contributed by atoms with Gasteiger partial charge in [0.15, 0.2) is 5.78 Å². The zero-order chi connectivity index (χ0) is 17.3. The number of aromatic nitrogens is 3. The van der Waals surface area contributed by atoms with Crippen LogP contribution in [0.3, 0.4) is 0 Å². The van der Waals surface area contributed by atoms with E-state index in [-0.39, 0.29) is 11.5 Å². The lowest BCUT2D eigenvalue weighted by molar-refractivity contribution is 0.102. The lowest BCUT2D eigenvalue weighted by Crippen LogP contribution is -2.04. The fourth-order valence-corrected chi connectivity index (χ4v) is 3.09. The molecule has 3 rings (SSSR count). The Morgan fingerprint density at radius 3 is 2.58 bits per heavy atom. The Morgan fingerprint density at radius 2 is 1.96 bits per heavy atom. The van der Waals surface area contributed by atoms with Gasteiger partial charge in [0.25, 0.3) is 5.22 Å². The van der Waals surface area contributed by atoms with Crippen molar-refractivity contribution in [2.24, 2.45) is 7.05 Å². The number of ketones is 1. The van der Waals surface area contributed by atoms with Crippen LogP contribution >= 0.6 is 23.4 Å². The van der Waals surface area contributed by atoms with Gasteiger partial charge in [-0.1, -0.05) is 23.4 Å². The average molecular weight is 362 g/mol.